The van der Waals surface area contributed by atoms with Gasteiger partial charge < -0.3 is 9.84 Å². The van der Waals surface area contributed by atoms with Crippen LogP contribution in [0.25, 0.3) is 0 Å². The highest BCUT2D eigenvalue weighted by atomic mass is 19.3. The Bertz CT molecular complexity index is 311. The lowest BCUT2D eigenvalue weighted by molar-refractivity contribution is -0.0884. The number of ether oxygens (including phenoxy) is 1. The summed E-state index contributed by atoms with van der Waals surface area (Å²) < 4.78 is 29.8. The molecule has 0 saturated heterocycles. The summed E-state index contributed by atoms with van der Waals surface area (Å²) in [5.41, 5.74) is -1.99. The number of methoxy groups -OCH3 is 1. The van der Waals surface area contributed by atoms with E-state index in [2.05, 4.69) is 0 Å². The Morgan fingerprint density at radius 3 is 2.57 bits per heavy atom. The van der Waals surface area contributed by atoms with Crippen LogP contribution in [0.2, 0.25) is 0 Å². The molecule has 1 unspecified atom stereocenters. The van der Waals surface area contributed by atoms with Gasteiger partial charge in [0.05, 0.1) is 7.11 Å². The van der Waals surface area contributed by atoms with Gasteiger partial charge in [0.25, 0.3) is 6.43 Å². The Kier molecular flexibility index (Phi) is 3.06. The van der Waals surface area contributed by atoms with Crippen molar-refractivity contribution < 1.29 is 18.6 Å². The molecule has 4 heteroatoms. The predicted octanol–water partition coefficient (Wildman–Crippen LogP) is 2.17. The number of aliphatic hydroxyl groups is 1. The molecule has 0 heterocycles. The molecular formula is C10H12F2O2. The Morgan fingerprint density at radius 2 is 2.07 bits per heavy atom. The van der Waals surface area contributed by atoms with Gasteiger partial charge in [-0.2, -0.15) is 0 Å². The third-order valence-corrected chi connectivity index (χ3v) is 2.08. The van der Waals surface area contributed by atoms with Crippen molar-refractivity contribution in [2.24, 2.45) is 0 Å². The molecule has 14 heavy (non-hydrogen) atoms. The molecule has 0 fully saturated rings. The van der Waals surface area contributed by atoms with Crippen molar-refractivity contribution in [3.05, 3.63) is 29.8 Å². The monoisotopic (exact) mass is 202 g/mol. The van der Waals surface area contributed by atoms with Gasteiger partial charge in [0.2, 0.25) is 0 Å². The van der Waals surface area contributed by atoms with E-state index in [1.807, 2.05) is 0 Å². The van der Waals surface area contributed by atoms with E-state index in [9.17, 15) is 13.9 Å². The van der Waals surface area contributed by atoms with Gasteiger partial charge in [-0.1, -0.05) is 12.1 Å². The molecule has 1 N–H and O–H groups in total. The standard InChI is InChI=1S/C10H12F2O2/c1-10(13,9(11)12)7-4-3-5-8(6-7)14-2/h3-6,9,13H,1-2H3. The average Bonchev–Trinajstić information content (AvgIpc) is 2.17. The average molecular weight is 202 g/mol. The molecule has 2 nitrogen and oxygen atoms in total. The van der Waals surface area contributed by atoms with Gasteiger partial charge >= 0.3 is 0 Å². The summed E-state index contributed by atoms with van der Waals surface area (Å²) in [7, 11) is 1.44. The summed E-state index contributed by atoms with van der Waals surface area (Å²) in [5, 5.41) is 9.48. The molecule has 0 aliphatic rings. The van der Waals surface area contributed by atoms with Crippen LogP contribution in [0.4, 0.5) is 8.78 Å². The largest absolute Gasteiger partial charge is 0.497 e. The van der Waals surface area contributed by atoms with E-state index in [1.165, 1.54) is 19.2 Å². The number of halogens is 2. The summed E-state index contributed by atoms with van der Waals surface area (Å²) >= 11 is 0. The second-order valence-electron chi connectivity index (χ2n) is 3.18. The minimum Gasteiger partial charge on any atom is -0.497 e. The molecule has 1 aromatic carbocycles. The Labute approximate surface area is 81.1 Å². The lowest BCUT2D eigenvalue weighted by atomic mass is 9.96. The number of alkyl halides is 2. The summed E-state index contributed by atoms with van der Waals surface area (Å²) in [4.78, 5) is 0. The third kappa shape index (κ3) is 2.01. The van der Waals surface area contributed by atoms with E-state index in [0.717, 1.165) is 6.92 Å². The number of hydrogen-bond donors (Lipinski definition) is 1. The second kappa shape index (κ2) is 3.92. The first-order valence-electron chi connectivity index (χ1n) is 4.13. The second-order valence-corrected chi connectivity index (χ2v) is 3.18. The summed E-state index contributed by atoms with van der Waals surface area (Å²) in [6, 6.07) is 6.02. The van der Waals surface area contributed by atoms with Crippen LogP contribution in [0.5, 0.6) is 5.75 Å². The quantitative estimate of drug-likeness (QED) is 0.813. The van der Waals surface area contributed by atoms with Gasteiger partial charge in [-0.15, -0.1) is 0 Å². The van der Waals surface area contributed by atoms with Crippen molar-refractivity contribution in [1.82, 2.24) is 0 Å². The maximum atomic E-state index is 12.4. The molecule has 0 bridgehead atoms. The molecule has 78 valence electrons. The van der Waals surface area contributed by atoms with Crippen molar-refractivity contribution >= 4 is 0 Å². The minimum atomic E-state index is -2.82. The highest BCUT2D eigenvalue weighted by Crippen LogP contribution is 2.29. The predicted molar refractivity (Wildman–Crippen MR) is 48.6 cm³/mol. The van der Waals surface area contributed by atoms with Crippen LogP contribution in [0.15, 0.2) is 24.3 Å². The van der Waals surface area contributed by atoms with Crippen LogP contribution in [0, 0.1) is 0 Å². The molecule has 0 aliphatic heterocycles. The van der Waals surface area contributed by atoms with Crippen LogP contribution in [0.3, 0.4) is 0 Å². The third-order valence-electron chi connectivity index (χ3n) is 2.08. The van der Waals surface area contributed by atoms with Crippen LogP contribution in [-0.2, 0) is 5.60 Å². The highest BCUT2D eigenvalue weighted by Gasteiger charge is 2.34. The summed E-state index contributed by atoms with van der Waals surface area (Å²) in [6.07, 6.45) is -2.82. The van der Waals surface area contributed by atoms with E-state index in [0.29, 0.717) is 5.75 Å². The smallest absolute Gasteiger partial charge is 0.270 e. The maximum absolute atomic E-state index is 12.4. The first-order valence-corrected chi connectivity index (χ1v) is 4.13. The van der Waals surface area contributed by atoms with Gasteiger partial charge in [0.15, 0.2) is 0 Å². The van der Waals surface area contributed by atoms with Gasteiger partial charge in [0, 0.05) is 0 Å². The summed E-state index contributed by atoms with van der Waals surface area (Å²) in [6.45, 7) is 1.08. The summed E-state index contributed by atoms with van der Waals surface area (Å²) in [5.74, 6) is 0.448. The molecule has 1 rings (SSSR count). The van der Waals surface area contributed by atoms with E-state index < -0.39 is 12.0 Å². The fraction of sp³-hybridized carbons (Fsp3) is 0.400. The molecule has 0 saturated carbocycles. The van der Waals surface area contributed by atoms with E-state index in [1.54, 1.807) is 12.1 Å². The first-order chi connectivity index (χ1) is 6.48. The number of hydrogen-bond acceptors (Lipinski definition) is 2. The van der Waals surface area contributed by atoms with Gasteiger partial charge in [-0.05, 0) is 24.6 Å². The van der Waals surface area contributed by atoms with Crippen LogP contribution >= 0.6 is 0 Å². The van der Waals surface area contributed by atoms with E-state index in [-0.39, 0.29) is 5.56 Å². The number of rotatable bonds is 3. The normalized spacial score (nSPS) is 15.3. The molecule has 1 aromatic rings. The Balaban J connectivity index is 3.06. The van der Waals surface area contributed by atoms with Crippen molar-refractivity contribution in [2.45, 2.75) is 19.0 Å². The SMILES string of the molecule is COc1cccc(C(C)(O)C(F)F)c1. The minimum absolute atomic E-state index is 0.145. The molecule has 0 aliphatic carbocycles. The van der Waals surface area contributed by atoms with Gasteiger partial charge in [-0.25, -0.2) is 8.78 Å². The van der Waals surface area contributed by atoms with Crippen molar-refractivity contribution in [3.8, 4) is 5.75 Å². The van der Waals surface area contributed by atoms with Crippen molar-refractivity contribution in [3.63, 3.8) is 0 Å². The molecule has 0 amide bonds. The lowest BCUT2D eigenvalue weighted by Crippen LogP contribution is -2.30. The molecular weight excluding hydrogens is 190 g/mol. The first kappa shape index (κ1) is 10.9. The van der Waals surface area contributed by atoms with E-state index in [4.69, 9.17) is 4.74 Å². The lowest BCUT2D eigenvalue weighted by Gasteiger charge is -2.22. The Morgan fingerprint density at radius 1 is 1.43 bits per heavy atom. The van der Waals surface area contributed by atoms with E-state index >= 15 is 0 Å². The van der Waals surface area contributed by atoms with Gasteiger partial charge in [-0.3, -0.25) is 0 Å². The zero-order valence-corrected chi connectivity index (χ0v) is 8.00. The number of benzene rings is 1. The van der Waals surface area contributed by atoms with Crippen molar-refractivity contribution in [2.75, 3.05) is 7.11 Å². The fourth-order valence-electron chi connectivity index (χ4n) is 1.06. The van der Waals surface area contributed by atoms with Gasteiger partial charge in [0.1, 0.15) is 11.4 Å². The van der Waals surface area contributed by atoms with Crippen molar-refractivity contribution in [1.29, 1.82) is 0 Å². The highest BCUT2D eigenvalue weighted by molar-refractivity contribution is 5.32. The topological polar surface area (TPSA) is 29.5 Å². The zero-order valence-electron chi connectivity index (χ0n) is 8.00. The fourth-order valence-corrected chi connectivity index (χ4v) is 1.06. The zero-order chi connectivity index (χ0) is 10.8. The van der Waals surface area contributed by atoms with Crippen LogP contribution in [0.1, 0.15) is 12.5 Å². The van der Waals surface area contributed by atoms with Crippen LogP contribution in [-0.4, -0.2) is 18.6 Å². The molecule has 1 atom stereocenters. The Hall–Kier alpha value is -1.16. The maximum Gasteiger partial charge on any atom is 0.270 e. The van der Waals surface area contributed by atoms with Crippen LogP contribution < -0.4 is 4.74 Å². The molecule has 0 spiro atoms. The molecule has 0 aromatic heterocycles. The molecule has 0 radical (unpaired) electrons.